The predicted octanol–water partition coefficient (Wildman–Crippen LogP) is 1.36. The Labute approximate surface area is 97.2 Å². The first-order valence-electron chi connectivity index (χ1n) is 5.06. The summed E-state index contributed by atoms with van der Waals surface area (Å²) in [6.45, 7) is 2.98. The summed E-state index contributed by atoms with van der Waals surface area (Å²) in [5.41, 5.74) is 0.676. The van der Waals surface area contributed by atoms with Crippen LogP contribution in [0.4, 0.5) is 0 Å². The first kappa shape index (κ1) is 10.8. The molecule has 4 nitrogen and oxygen atoms in total. The monoisotopic (exact) mass is 271 g/mol. The minimum absolute atomic E-state index is 0.0803. The molecule has 2 rings (SSSR count). The van der Waals surface area contributed by atoms with Crippen LogP contribution in [0.1, 0.15) is 23.8 Å². The van der Waals surface area contributed by atoms with Gasteiger partial charge in [-0.15, -0.1) is 0 Å². The largest absolute Gasteiger partial charge is 0.313 e. The topological polar surface area (TPSA) is 46.9 Å². The van der Waals surface area contributed by atoms with E-state index in [1.165, 1.54) is 0 Å². The molecule has 0 amide bonds. The highest BCUT2D eigenvalue weighted by molar-refractivity contribution is 9.10. The summed E-state index contributed by atoms with van der Waals surface area (Å²) in [5, 5.41) is 7.35. The summed E-state index contributed by atoms with van der Waals surface area (Å²) in [6.07, 6.45) is 2.58. The molecule has 1 fully saturated rings. The Morgan fingerprint density at radius 1 is 1.73 bits per heavy atom. The van der Waals surface area contributed by atoms with E-state index in [2.05, 4.69) is 33.3 Å². The van der Waals surface area contributed by atoms with Crippen molar-refractivity contribution in [2.24, 2.45) is 13.0 Å². The molecule has 2 unspecified atom stereocenters. The van der Waals surface area contributed by atoms with Crippen molar-refractivity contribution in [2.75, 3.05) is 6.54 Å². The third kappa shape index (κ3) is 1.86. The van der Waals surface area contributed by atoms with Crippen molar-refractivity contribution in [3.05, 3.63) is 16.4 Å². The number of hydrogen-bond acceptors (Lipinski definition) is 3. The fourth-order valence-electron chi connectivity index (χ4n) is 2.08. The zero-order chi connectivity index (χ0) is 11.0. The molecule has 1 N–H and O–H groups in total. The SMILES string of the molecule is CC1NCCC1C(=O)c1c(Br)cnn1C. The Morgan fingerprint density at radius 2 is 2.47 bits per heavy atom. The van der Waals surface area contributed by atoms with Crippen molar-refractivity contribution < 1.29 is 4.79 Å². The average Bonchev–Trinajstić information content (AvgIpc) is 2.73. The van der Waals surface area contributed by atoms with Gasteiger partial charge in [-0.3, -0.25) is 9.48 Å². The van der Waals surface area contributed by atoms with Gasteiger partial charge < -0.3 is 5.32 Å². The lowest BCUT2D eigenvalue weighted by atomic mass is 9.95. The van der Waals surface area contributed by atoms with Gasteiger partial charge >= 0.3 is 0 Å². The summed E-state index contributed by atoms with van der Waals surface area (Å²) in [6, 6.07) is 0.263. The van der Waals surface area contributed by atoms with E-state index in [0.717, 1.165) is 17.4 Å². The highest BCUT2D eigenvalue weighted by Crippen LogP contribution is 2.24. The highest BCUT2D eigenvalue weighted by Gasteiger charge is 2.32. The molecule has 2 heterocycles. The molecule has 0 aromatic carbocycles. The van der Waals surface area contributed by atoms with Crippen molar-refractivity contribution in [3.8, 4) is 0 Å². The van der Waals surface area contributed by atoms with E-state index in [-0.39, 0.29) is 17.7 Å². The fraction of sp³-hybridized carbons (Fsp3) is 0.600. The molecule has 5 heteroatoms. The van der Waals surface area contributed by atoms with E-state index in [4.69, 9.17) is 0 Å². The molecule has 82 valence electrons. The van der Waals surface area contributed by atoms with Gasteiger partial charge in [0.2, 0.25) is 0 Å². The van der Waals surface area contributed by atoms with E-state index in [1.807, 2.05) is 0 Å². The molecule has 1 saturated heterocycles. The maximum Gasteiger partial charge on any atom is 0.186 e. The van der Waals surface area contributed by atoms with Gasteiger partial charge in [0.05, 0.1) is 10.7 Å². The molecule has 0 radical (unpaired) electrons. The predicted molar refractivity (Wildman–Crippen MR) is 60.8 cm³/mol. The van der Waals surface area contributed by atoms with Gasteiger partial charge in [-0.1, -0.05) is 0 Å². The molecule has 2 atom stereocenters. The van der Waals surface area contributed by atoms with Crippen molar-refractivity contribution >= 4 is 21.7 Å². The number of halogens is 1. The normalized spacial score (nSPS) is 25.8. The second kappa shape index (κ2) is 4.06. The summed E-state index contributed by atoms with van der Waals surface area (Å²) >= 11 is 3.36. The number of carbonyl (C=O) groups is 1. The number of hydrogen-bond donors (Lipinski definition) is 1. The van der Waals surface area contributed by atoms with Crippen molar-refractivity contribution in [1.82, 2.24) is 15.1 Å². The standard InChI is InChI=1S/C10H14BrN3O/c1-6-7(3-4-12-6)10(15)9-8(11)5-13-14(9)2/h5-7,12H,3-4H2,1-2H3. The van der Waals surface area contributed by atoms with Crippen molar-refractivity contribution in [3.63, 3.8) is 0 Å². The number of rotatable bonds is 2. The molecular weight excluding hydrogens is 258 g/mol. The van der Waals surface area contributed by atoms with E-state index < -0.39 is 0 Å². The summed E-state index contributed by atoms with van der Waals surface area (Å²) in [4.78, 5) is 12.2. The summed E-state index contributed by atoms with van der Waals surface area (Å²) in [5.74, 6) is 0.260. The van der Waals surface area contributed by atoms with Crippen LogP contribution in [0.2, 0.25) is 0 Å². The van der Waals surface area contributed by atoms with Gasteiger partial charge in [0, 0.05) is 19.0 Å². The Balaban J connectivity index is 2.28. The van der Waals surface area contributed by atoms with E-state index in [0.29, 0.717) is 5.69 Å². The second-order valence-electron chi connectivity index (χ2n) is 3.97. The van der Waals surface area contributed by atoms with E-state index >= 15 is 0 Å². The Bertz CT molecular complexity index is 369. The quantitative estimate of drug-likeness (QED) is 0.827. The van der Waals surface area contributed by atoms with Crippen molar-refractivity contribution in [1.29, 1.82) is 0 Å². The lowest BCUT2D eigenvalue weighted by Crippen LogP contribution is -2.29. The number of nitrogens with zero attached hydrogens (tertiary/aromatic N) is 2. The van der Waals surface area contributed by atoms with E-state index in [1.54, 1.807) is 17.9 Å². The number of aryl methyl sites for hydroxylation is 1. The number of nitrogens with one attached hydrogen (secondary N) is 1. The van der Waals surface area contributed by atoms with Crippen LogP contribution in [-0.2, 0) is 7.05 Å². The molecule has 0 aliphatic carbocycles. The molecule has 15 heavy (non-hydrogen) atoms. The molecular formula is C10H14BrN3O. The average molecular weight is 272 g/mol. The smallest absolute Gasteiger partial charge is 0.186 e. The Kier molecular flexibility index (Phi) is 2.93. The van der Waals surface area contributed by atoms with Crippen LogP contribution in [0.5, 0.6) is 0 Å². The number of ketones is 1. The molecule has 0 saturated carbocycles. The van der Waals surface area contributed by atoms with Gasteiger partial charge in [0.1, 0.15) is 5.69 Å². The van der Waals surface area contributed by atoms with Crippen LogP contribution < -0.4 is 5.32 Å². The van der Waals surface area contributed by atoms with Crippen LogP contribution >= 0.6 is 15.9 Å². The summed E-state index contributed by atoms with van der Waals surface area (Å²) in [7, 11) is 1.80. The van der Waals surface area contributed by atoms with Crippen LogP contribution in [-0.4, -0.2) is 28.2 Å². The van der Waals surface area contributed by atoms with Crippen LogP contribution in [0.3, 0.4) is 0 Å². The van der Waals surface area contributed by atoms with Crippen molar-refractivity contribution in [2.45, 2.75) is 19.4 Å². The first-order valence-corrected chi connectivity index (χ1v) is 5.85. The first-order chi connectivity index (χ1) is 7.11. The minimum atomic E-state index is 0.0803. The summed E-state index contributed by atoms with van der Waals surface area (Å²) < 4.78 is 2.42. The zero-order valence-electron chi connectivity index (χ0n) is 8.83. The van der Waals surface area contributed by atoms with Gasteiger partial charge in [-0.2, -0.15) is 5.10 Å². The zero-order valence-corrected chi connectivity index (χ0v) is 10.4. The number of carbonyl (C=O) groups excluding carboxylic acids is 1. The van der Waals surface area contributed by atoms with Crippen LogP contribution in [0, 0.1) is 5.92 Å². The molecule has 1 aromatic heterocycles. The molecule has 0 bridgehead atoms. The lowest BCUT2D eigenvalue weighted by molar-refractivity contribution is 0.0903. The molecule has 1 aliphatic heterocycles. The number of Topliss-reactive ketones (excluding diaryl/α,β-unsaturated/α-hetero) is 1. The van der Waals surface area contributed by atoms with Gasteiger partial charge in [-0.25, -0.2) is 0 Å². The third-order valence-electron chi connectivity index (χ3n) is 2.99. The fourth-order valence-corrected chi connectivity index (χ4v) is 2.62. The number of aromatic nitrogens is 2. The van der Waals surface area contributed by atoms with Crippen LogP contribution in [0.15, 0.2) is 10.7 Å². The maximum atomic E-state index is 12.2. The minimum Gasteiger partial charge on any atom is -0.313 e. The molecule has 0 spiro atoms. The highest BCUT2D eigenvalue weighted by atomic mass is 79.9. The van der Waals surface area contributed by atoms with Gasteiger partial charge in [-0.05, 0) is 35.8 Å². The lowest BCUT2D eigenvalue weighted by Gasteiger charge is -2.13. The Hall–Kier alpha value is -0.680. The third-order valence-corrected chi connectivity index (χ3v) is 3.57. The molecule has 1 aromatic rings. The second-order valence-corrected chi connectivity index (χ2v) is 4.82. The van der Waals surface area contributed by atoms with E-state index in [9.17, 15) is 4.79 Å². The molecule has 1 aliphatic rings. The van der Waals surface area contributed by atoms with Crippen LogP contribution in [0.25, 0.3) is 0 Å². The van der Waals surface area contributed by atoms with Gasteiger partial charge in [0.25, 0.3) is 0 Å². The maximum absolute atomic E-state index is 12.2. The van der Waals surface area contributed by atoms with Gasteiger partial charge in [0.15, 0.2) is 5.78 Å². The Morgan fingerprint density at radius 3 is 2.93 bits per heavy atom.